The highest BCUT2D eigenvalue weighted by molar-refractivity contribution is 5.85. The SMILES string of the molecule is CCCNCCNC(=O)C1CCCOC1.Cl. The van der Waals surface area contributed by atoms with E-state index < -0.39 is 0 Å². The number of amides is 1. The summed E-state index contributed by atoms with van der Waals surface area (Å²) in [6, 6.07) is 0. The minimum atomic E-state index is 0. The number of hydrogen-bond donors (Lipinski definition) is 2. The van der Waals surface area contributed by atoms with Gasteiger partial charge in [-0.3, -0.25) is 4.79 Å². The summed E-state index contributed by atoms with van der Waals surface area (Å²) in [5, 5.41) is 6.18. The first-order valence-electron chi connectivity index (χ1n) is 5.90. The monoisotopic (exact) mass is 250 g/mol. The van der Waals surface area contributed by atoms with E-state index in [0.717, 1.165) is 45.5 Å². The maximum Gasteiger partial charge on any atom is 0.225 e. The van der Waals surface area contributed by atoms with Crippen molar-refractivity contribution in [2.24, 2.45) is 5.92 Å². The molecule has 0 saturated carbocycles. The van der Waals surface area contributed by atoms with Gasteiger partial charge in [-0.2, -0.15) is 0 Å². The molecule has 1 aliphatic rings. The predicted molar refractivity (Wildman–Crippen MR) is 67.0 cm³/mol. The quantitative estimate of drug-likeness (QED) is 0.691. The zero-order chi connectivity index (χ0) is 10.9. The van der Waals surface area contributed by atoms with Crippen LogP contribution >= 0.6 is 12.4 Å². The fraction of sp³-hybridized carbons (Fsp3) is 0.909. The molecule has 1 rings (SSSR count). The number of carbonyl (C=O) groups excluding carboxylic acids is 1. The van der Waals surface area contributed by atoms with Gasteiger partial charge in [0, 0.05) is 19.7 Å². The van der Waals surface area contributed by atoms with E-state index in [1.54, 1.807) is 0 Å². The molecule has 16 heavy (non-hydrogen) atoms. The average molecular weight is 251 g/mol. The molecular weight excluding hydrogens is 228 g/mol. The van der Waals surface area contributed by atoms with Crippen LogP contribution in [0.1, 0.15) is 26.2 Å². The van der Waals surface area contributed by atoms with Crippen molar-refractivity contribution in [1.29, 1.82) is 0 Å². The van der Waals surface area contributed by atoms with Crippen LogP contribution in [-0.2, 0) is 9.53 Å². The second-order valence-electron chi connectivity index (χ2n) is 3.96. The topological polar surface area (TPSA) is 50.4 Å². The lowest BCUT2D eigenvalue weighted by molar-refractivity contribution is -0.128. The molecule has 0 aromatic rings. The molecule has 0 bridgehead atoms. The third-order valence-corrected chi connectivity index (χ3v) is 2.56. The molecular formula is C11H23ClN2O2. The molecule has 0 radical (unpaired) electrons. The molecule has 1 unspecified atom stereocenters. The zero-order valence-electron chi connectivity index (χ0n) is 9.96. The van der Waals surface area contributed by atoms with Crippen molar-refractivity contribution in [2.45, 2.75) is 26.2 Å². The number of ether oxygens (including phenoxy) is 1. The summed E-state index contributed by atoms with van der Waals surface area (Å²) < 4.78 is 5.27. The van der Waals surface area contributed by atoms with E-state index in [1.807, 2.05) is 0 Å². The second-order valence-corrected chi connectivity index (χ2v) is 3.96. The van der Waals surface area contributed by atoms with Crippen LogP contribution in [0.4, 0.5) is 0 Å². The molecule has 1 fully saturated rings. The molecule has 96 valence electrons. The number of rotatable bonds is 6. The number of hydrogen-bond acceptors (Lipinski definition) is 3. The maximum absolute atomic E-state index is 11.6. The van der Waals surface area contributed by atoms with Gasteiger partial charge in [0.15, 0.2) is 0 Å². The first kappa shape index (κ1) is 15.7. The molecule has 1 aliphatic heterocycles. The lowest BCUT2D eigenvalue weighted by atomic mass is 10.0. The summed E-state index contributed by atoms with van der Waals surface area (Å²) in [6.45, 7) is 6.12. The number of halogens is 1. The first-order chi connectivity index (χ1) is 7.34. The number of carbonyl (C=O) groups is 1. The summed E-state index contributed by atoms with van der Waals surface area (Å²) in [4.78, 5) is 11.6. The van der Waals surface area contributed by atoms with Gasteiger partial charge in [-0.25, -0.2) is 0 Å². The van der Waals surface area contributed by atoms with Gasteiger partial charge in [0.25, 0.3) is 0 Å². The van der Waals surface area contributed by atoms with Crippen LogP contribution < -0.4 is 10.6 Å². The normalized spacial score (nSPS) is 19.9. The zero-order valence-corrected chi connectivity index (χ0v) is 10.8. The average Bonchev–Trinajstić information content (AvgIpc) is 2.30. The van der Waals surface area contributed by atoms with Gasteiger partial charge in [-0.15, -0.1) is 12.4 Å². The Bertz CT molecular complexity index is 185. The van der Waals surface area contributed by atoms with Gasteiger partial charge >= 0.3 is 0 Å². The third kappa shape index (κ3) is 6.30. The molecule has 1 heterocycles. The Morgan fingerprint density at radius 3 is 2.81 bits per heavy atom. The lowest BCUT2D eigenvalue weighted by Crippen LogP contribution is -2.39. The summed E-state index contributed by atoms with van der Waals surface area (Å²) in [6.07, 6.45) is 3.10. The highest BCUT2D eigenvalue weighted by atomic mass is 35.5. The fourth-order valence-corrected chi connectivity index (χ4v) is 1.67. The van der Waals surface area contributed by atoms with Crippen molar-refractivity contribution in [1.82, 2.24) is 10.6 Å². The molecule has 0 aromatic heterocycles. The van der Waals surface area contributed by atoms with E-state index in [-0.39, 0.29) is 24.2 Å². The minimum absolute atomic E-state index is 0. The summed E-state index contributed by atoms with van der Waals surface area (Å²) in [5.74, 6) is 0.220. The smallest absolute Gasteiger partial charge is 0.225 e. The van der Waals surface area contributed by atoms with Crippen molar-refractivity contribution in [3.8, 4) is 0 Å². The Hall–Kier alpha value is -0.320. The van der Waals surface area contributed by atoms with Crippen molar-refractivity contribution in [3.63, 3.8) is 0 Å². The van der Waals surface area contributed by atoms with E-state index in [2.05, 4.69) is 17.6 Å². The van der Waals surface area contributed by atoms with Crippen molar-refractivity contribution in [2.75, 3.05) is 32.8 Å². The van der Waals surface area contributed by atoms with E-state index in [9.17, 15) is 4.79 Å². The van der Waals surface area contributed by atoms with Gasteiger partial charge in [0.2, 0.25) is 5.91 Å². The van der Waals surface area contributed by atoms with Crippen LogP contribution in [0, 0.1) is 5.92 Å². The maximum atomic E-state index is 11.6. The van der Waals surface area contributed by atoms with E-state index >= 15 is 0 Å². The molecule has 0 spiro atoms. The largest absolute Gasteiger partial charge is 0.381 e. The molecule has 0 aromatic carbocycles. The standard InChI is InChI=1S/C11H22N2O2.ClH/c1-2-5-12-6-7-13-11(14)10-4-3-8-15-9-10;/h10,12H,2-9H2,1H3,(H,13,14);1H. The van der Waals surface area contributed by atoms with Crippen LogP contribution in [0.2, 0.25) is 0 Å². The Morgan fingerprint density at radius 2 is 2.19 bits per heavy atom. The highest BCUT2D eigenvalue weighted by Gasteiger charge is 2.20. The van der Waals surface area contributed by atoms with Crippen LogP contribution in [0.25, 0.3) is 0 Å². The van der Waals surface area contributed by atoms with E-state index in [0.29, 0.717) is 6.61 Å². The predicted octanol–water partition coefficient (Wildman–Crippen LogP) is 0.951. The number of nitrogens with one attached hydrogen (secondary N) is 2. The molecule has 2 N–H and O–H groups in total. The summed E-state index contributed by atoms with van der Waals surface area (Å²) in [7, 11) is 0. The molecule has 1 saturated heterocycles. The molecule has 4 nitrogen and oxygen atoms in total. The van der Waals surface area contributed by atoms with E-state index in [4.69, 9.17) is 4.74 Å². The van der Waals surface area contributed by atoms with Crippen LogP contribution in [0.5, 0.6) is 0 Å². The van der Waals surface area contributed by atoms with Gasteiger partial charge in [0.1, 0.15) is 0 Å². The molecule has 1 amide bonds. The third-order valence-electron chi connectivity index (χ3n) is 2.56. The molecule has 0 aliphatic carbocycles. The minimum Gasteiger partial charge on any atom is -0.381 e. The highest BCUT2D eigenvalue weighted by Crippen LogP contribution is 2.12. The van der Waals surface area contributed by atoms with Crippen LogP contribution in [0.15, 0.2) is 0 Å². The van der Waals surface area contributed by atoms with Gasteiger partial charge in [-0.05, 0) is 25.8 Å². The fourth-order valence-electron chi connectivity index (χ4n) is 1.67. The van der Waals surface area contributed by atoms with Gasteiger partial charge < -0.3 is 15.4 Å². The van der Waals surface area contributed by atoms with Crippen LogP contribution in [-0.4, -0.2) is 38.8 Å². The summed E-state index contributed by atoms with van der Waals surface area (Å²) in [5.41, 5.74) is 0. The Morgan fingerprint density at radius 1 is 1.38 bits per heavy atom. The van der Waals surface area contributed by atoms with E-state index in [1.165, 1.54) is 0 Å². The molecule has 1 atom stereocenters. The summed E-state index contributed by atoms with van der Waals surface area (Å²) >= 11 is 0. The van der Waals surface area contributed by atoms with Crippen LogP contribution in [0.3, 0.4) is 0 Å². The lowest BCUT2D eigenvalue weighted by Gasteiger charge is -2.21. The van der Waals surface area contributed by atoms with Crippen molar-refractivity contribution in [3.05, 3.63) is 0 Å². The van der Waals surface area contributed by atoms with Gasteiger partial charge in [-0.1, -0.05) is 6.92 Å². The molecule has 5 heteroatoms. The van der Waals surface area contributed by atoms with Gasteiger partial charge in [0.05, 0.1) is 12.5 Å². The Kier molecular flexibility index (Phi) is 9.68. The second kappa shape index (κ2) is 9.87. The Balaban J connectivity index is 0.00000225. The van der Waals surface area contributed by atoms with Crippen molar-refractivity contribution >= 4 is 18.3 Å². The van der Waals surface area contributed by atoms with Crippen molar-refractivity contribution < 1.29 is 9.53 Å². The first-order valence-corrected chi connectivity index (χ1v) is 5.90. The Labute approximate surface area is 104 Å².